The molecule has 1 aromatic carbocycles. The van der Waals surface area contributed by atoms with Crippen LogP contribution in [-0.4, -0.2) is 46.4 Å². The van der Waals surface area contributed by atoms with E-state index < -0.39 is 11.3 Å². The molecular weight excluding hydrogens is 452 g/mol. The number of nitrogens with zero attached hydrogens (tertiary/aromatic N) is 1. The van der Waals surface area contributed by atoms with Gasteiger partial charge in [-0.3, -0.25) is 4.21 Å². The van der Waals surface area contributed by atoms with Gasteiger partial charge in [-0.05, 0) is 113 Å². The lowest BCUT2D eigenvalue weighted by Crippen LogP contribution is -2.36. The Labute approximate surface area is 186 Å². The number of piperidine rings is 1. The van der Waals surface area contributed by atoms with E-state index in [1.54, 1.807) is 7.11 Å². The predicted octanol–water partition coefficient (Wildman–Crippen LogP) is 4.43. The Hall–Kier alpha value is -0.470. The minimum absolute atomic E-state index is 0.160. The van der Waals surface area contributed by atoms with Gasteiger partial charge in [0.2, 0.25) is 0 Å². The number of halogens is 1. The van der Waals surface area contributed by atoms with Crippen LogP contribution in [0, 0.1) is 11.8 Å². The normalized spacial score (nSPS) is 25.1. The second-order valence-electron chi connectivity index (χ2n) is 8.66. The Morgan fingerprint density at radius 2 is 1.90 bits per heavy atom. The zero-order valence-corrected chi connectivity index (χ0v) is 19.8. The summed E-state index contributed by atoms with van der Waals surface area (Å²) in [5.74, 6) is 2.46. The number of hydrogen-bond donors (Lipinski definition) is 1. The van der Waals surface area contributed by atoms with Crippen LogP contribution in [0.5, 0.6) is 5.75 Å². The molecule has 0 bridgehead atoms. The number of nitrogens with one attached hydrogen (secondary N) is 1. The molecule has 1 saturated heterocycles. The van der Waals surface area contributed by atoms with E-state index in [0.717, 1.165) is 49.7 Å². The summed E-state index contributed by atoms with van der Waals surface area (Å²) in [6.45, 7) is 3.62. The molecule has 29 heavy (non-hydrogen) atoms. The Morgan fingerprint density at radius 1 is 1.17 bits per heavy atom. The van der Waals surface area contributed by atoms with Crippen LogP contribution < -0.4 is 9.46 Å². The maximum absolute atomic E-state index is 10.7. The van der Waals surface area contributed by atoms with Gasteiger partial charge in [0.25, 0.3) is 0 Å². The minimum atomic E-state index is -2.12. The average Bonchev–Trinajstić information content (AvgIpc) is 2.72. The number of rotatable bonds is 9. The molecule has 1 saturated carbocycles. The van der Waals surface area contributed by atoms with Gasteiger partial charge < -0.3 is 14.2 Å². The number of benzene rings is 1. The molecule has 3 rings (SSSR count). The summed E-state index contributed by atoms with van der Waals surface area (Å²) in [5, 5.41) is 0. The van der Waals surface area contributed by atoms with Gasteiger partial charge in [-0.2, -0.15) is 0 Å². The monoisotopic (exact) mass is 485 g/mol. The highest BCUT2D eigenvalue weighted by molar-refractivity contribution is 9.10. The molecule has 5 nitrogen and oxygen atoms in total. The zero-order valence-electron chi connectivity index (χ0n) is 17.4. The quantitative estimate of drug-likeness (QED) is 0.525. The van der Waals surface area contributed by atoms with Gasteiger partial charge in [0.1, 0.15) is 5.75 Å². The van der Waals surface area contributed by atoms with Crippen LogP contribution in [0.2, 0.25) is 0 Å². The van der Waals surface area contributed by atoms with E-state index in [9.17, 15) is 8.76 Å². The molecule has 0 aromatic heterocycles. The lowest BCUT2D eigenvalue weighted by Gasteiger charge is -2.33. The van der Waals surface area contributed by atoms with E-state index in [1.165, 1.54) is 55.4 Å². The highest BCUT2D eigenvalue weighted by Crippen LogP contribution is 2.30. The first kappa shape index (κ1) is 23.2. The van der Waals surface area contributed by atoms with Crippen molar-refractivity contribution in [2.45, 2.75) is 63.8 Å². The number of likely N-dealkylation sites (tertiary alicyclic amines) is 1. The van der Waals surface area contributed by atoms with Gasteiger partial charge in [-0.25, -0.2) is 4.72 Å². The Balaban J connectivity index is 1.31. The maximum atomic E-state index is 10.7. The fourth-order valence-corrected chi connectivity index (χ4v) is 5.78. The third kappa shape index (κ3) is 7.62. The van der Waals surface area contributed by atoms with E-state index in [-0.39, 0.29) is 6.04 Å². The van der Waals surface area contributed by atoms with E-state index >= 15 is 0 Å². The van der Waals surface area contributed by atoms with Gasteiger partial charge in [0.15, 0.2) is 0 Å². The minimum Gasteiger partial charge on any atom is -0.760 e. The van der Waals surface area contributed by atoms with E-state index in [4.69, 9.17) is 4.74 Å². The van der Waals surface area contributed by atoms with Crippen molar-refractivity contribution >= 4 is 27.2 Å². The predicted molar refractivity (Wildman–Crippen MR) is 121 cm³/mol. The summed E-state index contributed by atoms with van der Waals surface area (Å²) in [7, 11) is 1.73. The SMILES string of the molecule is COc1ccc(Br)c(CC2CCN(CCCC3CCC(NS(=O)[O-])CC3)CC2)c1. The molecular formula is C22H34BrN2O3S-. The number of ether oxygens (including phenoxy) is 1. The van der Waals surface area contributed by atoms with E-state index in [0.29, 0.717) is 0 Å². The van der Waals surface area contributed by atoms with Crippen LogP contribution in [0.25, 0.3) is 0 Å². The summed E-state index contributed by atoms with van der Waals surface area (Å²) in [4.78, 5) is 2.63. The molecule has 2 fully saturated rings. The second-order valence-corrected chi connectivity index (χ2v) is 10.2. The molecule has 1 heterocycles. The van der Waals surface area contributed by atoms with Crippen molar-refractivity contribution in [3.8, 4) is 5.75 Å². The molecule has 0 radical (unpaired) electrons. The first-order chi connectivity index (χ1) is 14.0. The summed E-state index contributed by atoms with van der Waals surface area (Å²) < 4.78 is 30.7. The average molecular weight is 486 g/mol. The summed E-state index contributed by atoms with van der Waals surface area (Å²) in [6.07, 6.45) is 10.5. The van der Waals surface area contributed by atoms with Gasteiger partial charge in [-0.15, -0.1) is 0 Å². The van der Waals surface area contributed by atoms with Crippen molar-refractivity contribution in [3.63, 3.8) is 0 Å². The summed E-state index contributed by atoms with van der Waals surface area (Å²) in [6, 6.07) is 6.42. The molecule has 1 aliphatic heterocycles. The topological polar surface area (TPSA) is 64.6 Å². The zero-order chi connectivity index (χ0) is 20.6. The van der Waals surface area contributed by atoms with Crippen molar-refractivity contribution in [2.75, 3.05) is 26.7 Å². The van der Waals surface area contributed by atoms with Crippen LogP contribution in [0.3, 0.4) is 0 Å². The van der Waals surface area contributed by atoms with Crippen molar-refractivity contribution in [1.29, 1.82) is 0 Å². The van der Waals surface area contributed by atoms with E-state index in [2.05, 4.69) is 37.7 Å². The van der Waals surface area contributed by atoms with Gasteiger partial charge >= 0.3 is 0 Å². The second kappa shape index (κ2) is 11.8. The smallest absolute Gasteiger partial charge is 0.119 e. The van der Waals surface area contributed by atoms with Crippen molar-refractivity contribution < 1.29 is 13.5 Å². The van der Waals surface area contributed by atoms with Gasteiger partial charge in [-0.1, -0.05) is 15.9 Å². The summed E-state index contributed by atoms with van der Waals surface area (Å²) >= 11 is 1.57. The molecule has 1 aromatic rings. The van der Waals surface area contributed by atoms with Crippen molar-refractivity contribution in [1.82, 2.24) is 9.62 Å². The lowest BCUT2D eigenvalue weighted by molar-refractivity contribution is 0.175. The number of hydrogen-bond acceptors (Lipinski definition) is 4. The lowest BCUT2D eigenvalue weighted by atomic mass is 9.83. The van der Waals surface area contributed by atoms with Gasteiger partial charge in [0.05, 0.1) is 7.11 Å². The van der Waals surface area contributed by atoms with Crippen molar-refractivity contribution in [2.24, 2.45) is 11.8 Å². The first-order valence-corrected chi connectivity index (χ1v) is 12.8. The highest BCUT2D eigenvalue weighted by atomic mass is 79.9. The highest BCUT2D eigenvalue weighted by Gasteiger charge is 2.23. The van der Waals surface area contributed by atoms with Crippen LogP contribution in [-0.2, 0) is 17.7 Å². The Bertz CT molecular complexity index is 659. The molecule has 1 aliphatic carbocycles. The molecule has 1 N–H and O–H groups in total. The fourth-order valence-electron chi connectivity index (χ4n) is 4.87. The fraction of sp³-hybridized carbons (Fsp3) is 0.727. The first-order valence-electron chi connectivity index (χ1n) is 10.9. The largest absolute Gasteiger partial charge is 0.760 e. The molecule has 1 atom stereocenters. The Morgan fingerprint density at radius 3 is 2.55 bits per heavy atom. The van der Waals surface area contributed by atoms with Crippen LogP contribution >= 0.6 is 15.9 Å². The molecule has 7 heteroatoms. The molecule has 1 unspecified atom stereocenters. The standard InChI is InChI=1S/C22H35BrN2O3S/c1-28-21-8-9-22(23)19(16-21)15-18-10-13-25(14-11-18)12-2-3-17-4-6-20(7-5-17)24-29(26)27/h8-9,16-18,20,24H,2-7,10-15H2,1H3,(H,26,27)/p-1. The van der Waals surface area contributed by atoms with Crippen LogP contribution in [0.1, 0.15) is 56.9 Å². The number of methoxy groups -OCH3 is 1. The molecule has 0 amide bonds. The van der Waals surface area contributed by atoms with E-state index in [1.807, 2.05) is 6.07 Å². The molecule has 164 valence electrons. The van der Waals surface area contributed by atoms with Crippen molar-refractivity contribution in [3.05, 3.63) is 28.2 Å². The Kier molecular flexibility index (Phi) is 9.44. The maximum Gasteiger partial charge on any atom is 0.119 e. The molecule has 2 aliphatic rings. The summed E-state index contributed by atoms with van der Waals surface area (Å²) in [5.41, 5.74) is 1.36. The third-order valence-corrected chi connectivity index (χ3v) is 7.96. The van der Waals surface area contributed by atoms with Crippen LogP contribution in [0.4, 0.5) is 0 Å². The molecule has 0 spiro atoms. The van der Waals surface area contributed by atoms with Crippen LogP contribution in [0.15, 0.2) is 22.7 Å². The third-order valence-electron chi connectivity index (χ3n) is 6.66. The van der Waals surface area contributed by atoms with Gasteiger partial charge in [0, 0.05) is 21.8 Å².